The number of hydrogen-bond donors (Lipinski definition) is 1. The van der Waals surface area contributed by atoms with Gasteiger partial charge in [-0.05, 0) is 56.2 Å². The summed E-state index contributed by atoms with van der Waals surface area (Å²) in [5, 5.41) is 3.63. The monoisotopic (exact) mass is 446 g/mol. The van der Waals surface area contributed by atoms with E-state index in [4.69, 9.17) is 25.8 Å². The van der Waals surface area contributed by atoms with E-state index >= 15 is 0 Å². The van der Waals surface area contributed by atoms with Gasteiger partial charge >= 0.3 is 0 Å². The Balaban J connectivity index is 1.51. The van der Waals surface area contributed by atoms with Crippen LogP contribution in [0.2, 0.25) is 5.02 Å². The lowest BCUT2D eigenvalue weighted by Gasteiger charge is -2.33. The number of nitrogens with zero attached hydrogens (tertiary/aromatic N) is 1. The second-order valence-corrected chi connectivity index (χ2v) is 7.83. The molecule has 1 heterocycles. The van der Waals surface area contributed by atoms with Crippen LogP contribution in [0.5, 0.6) is 17.2 Å². The molecule has 7 nitrogen and oxygen atoms in total. The molecule has 1 unspecified atom stereocenters. The molecule has 1 N–H and O–H groups in total. The summed E-state index contributed by atoms with van der Waals surface area (Å²) in [4.78, 5) is 27.2. The minimum Gasteiger partial charge on any atom is -0.497 e. The Morgan fingerprint density at radius 1 is 1.00 bits per heavy atom. The summed E-state index contributed by atoms with van der Waals surface area (Å²) < 4.78 is 16.2. The maximum absolute atomic E-state index is 12.9. The standard InChI is InChI=1S/C23H27ClN2O5/c1-15(31-19-6-4-17(24)5-7-19)22(27)25-18-8-10-26(11-9-18)23(28)16-12-20(29-2)14-21(13-16)30-3/h4-7,12-15,18H,8-11H2,1-3H3,(H,25,27). The van der Waals surface area contributed by atoms with Crippen molar-refractivity contribution in [3.8, 4) is 17.2 Å². The van der Waals surface area contributed by atoms with Crippen LogP contribution in [0.15, 0.2) is 42.5 Å². The van der Waals surface area contributed by atoms with E-state index in [-0.39, 0.29) is 17.9 Å². The molecule has 1 saturated heterocycles. The van der Waals surface area contributed by atoms with Crippen LogP contribution < -0.4 is 19.5 Å². The van der Waals surface area contributed by atoms with Crippen LogP contribution in [-0.4, -0.2) is 56.2 Å². The summed E-state index contributed by atoms with van der Waals surface area (Å²) in [7, 11) is 3.10. The summed E-state index contributed by atoms with van der Waals surface area (Å²) >= 11 is 5.87. The zero-order valence-electron chi connectivity index (χ0n) is 17.9. The normalized spacial score (nSPS) is 15.2. The van der Waals surface area contributed by atoms with Gasteiger partial charge in [0, 0.05) is 35.8 Å². The molecule has 0 bridgehead atoms. The van der Waals surface area contributed by atoms with Gasteiger partial charge in [-0.3, -0.25) is 9.59 Å². The van der Waals surface area contributed by atoms with Crippen LogP contribution in [0.4, 0.5) is 0 Å². The van der Waals surface area contributed by atoms with Crippen molar-refractivity contribution in [1.29, 1.82) is 0 Å². The lowest BCUT2D eigenvalue weighted by atomic mass is 10.0. The van der Waals surface area contributed by atoms with Crippen molar-refractivity contribution in [2.45, 2.75) is 31.9 Å². The van der Waals surface area contributed by atoms with Gasteiger partial charge in [0.25, 0.3) is 11.8 Å². The van der Waals surface area contributed by atoms with Crippen LogP contribution in [0, 0.1) is 0 Å². The van der Waals surface area contributed by atoms with Crippen LogP contribution in [0.1, 0.15) is 30.1 Å². The molecule has 0 aliphatic carbocycles. The summed E-state index contributed by atoms with van der Waals surface area (Å²) in [6.45, 7) is 2.81. The SMILES string of the molecule is COc1cc(OC)cc(C(=O)N2CCC(NC(=O)C(C)Oc3ccc(Cl)cc3)CC2)c1. The van der Waals surface area contributed by atoms with E-state index in [2.05, 4.69) is 5.32 Å². The van der Waals surface area contributed by atoms with Crippen molar-refractivity contribution in [3.05, 3.63) is 53.1 Å². The summed E-state index contributed by atoms with van der Waals surface area (Å²) in [6, 6.07) is 12.0. The Labute approximate surface area is 187 Å². The van der Waals surface area contributed by atoms with Crippen molar-refractivity contribution in [1.82, 2.24) is 10.2 Å². The number of benzene rings is 2. The number of carbonyl (C=O) groups is 2. The molecule has 31 heavy (non-hydrogen) atoms. The Bertz CT molecular complexity index is 888. The smallest absolute Gasteiger partial charge is 0.260 e. The van der Waals surface area contributed by atoms with E-state index < -0.39 is 6.10 Å². The third kappa shape index (κ3) is 6.04. The van der Waals surface area contributed by atoms with Gasteiger partial charge in [-0.2, -0.15) is 0 Å². The number of carbonyl (C=O) groups excluding carboxylic acids is 2. The first-order valence-corrected chi connectivity index (χ1v) is 10.5. The number of halogens is 1. The van der Waals surface area contributed by atoms with E-state index in [1.165, 1.54) is 0 Å². The van der Waals surface area contributed by atoms with Crippen LogP contribution in [0.3, 0.4) is 0 Å². The average molecular weight is 447 g/mol. The molecule has 1 aliphatic heterocycles. The lowest BCUT2D eigenvalue weighted by Crippen LogP contribution is -2.49. The molecule has 0 spiro atoms. The first kappa shape index (κ1) is 22.7. The number of ether oxygens (including phenoxy) is 3. The molecule has 2 amide bonds. The Hall–Kier alpha value is -2.93. The van der Waals surface area contributed by atoms with E-state index in [0.717, 1.165) is 0 Å². The third-order valence-electron chi connectivity index (χ3n) is 5.22. The Morgan fingerprint density at radius 3 is 2.13 bits per heavy atom. The minimum atomic E-state index is -0.634. The second-order valence-electron chi connectivity index (χ2n) is 7.39. The Kier molecular flexibility index (Phi) is 7.63. The first-order valence-electron chi connectivity index (χ1n) is 10.1. The first-order chi connectivity index (χ1) is 14.9. The van der Waals surface area contributed by atoms with Gasteiger partial charge in [0.15, 0.2) is 6.10 Å². The fourth-order valence-corrected chi connectivity index (χ4v) is 3.56. The molecule has 0 saturated carbocycles. The molecule has 1 aliphatic rings. The highest BCUT2D eigenvalue weighted by atomic mass is 35.5. The predicted octanol–water partition coefficient (Wildman–Crippen LogP) is 3.55. The molecule has 1 atom stereocenters. The van der Waals surface area contributed by atoms with E-state index in [0.29, 0.717) is 53.8 Å². The maximum Gasteiger partial charge on any atom is 0.260 e. The molecule has 1 fully saturated rings. The van der Waals surface area contributed by atoms with Gasteiger partial charge in [0.05, 0.1) is 14.2 Å². The van der Waals surface area contributed by atoms with Gasteiger partial charge in [-0.1, -0.05) is 11.6 Å². The lowest BCUT2D eigenvalue weighted by molar-refractivity contribution is -0.128. The molecule has 166 valence electrons. The van der Waals surface area contributed by atoms with Gasteiger partial charge in [-0.25, -0.2) is 0 Å². The van der Waals surface area contributed by atoms with Crippen LogP contribution >= 0.6 is 11.6 Å². The number of methoxy groups -OCH3 is 2. The molecule has 0 radical (unpaired) electrons. The van der Waals surface area contributed by atoms with Crippen molar-refractivity contribution in [3.63, 3.8) is 0 Å². The van der Waals surface area contributed by atoms with E-state index in [1.807, 2.05) is 0 Å². The molecule has 2 aromatic carbocycles. The highest BCUT2D eigenvalue weighted by molar-refractivity contribution is 6.30. The van der Waals surface area contributed by atoms with Crippen LogP contribution in [-0.2, 0) is 4.79 Å². The number of hydrogen-bond acceptors (Lipinski definition) is 5. The van der Waals surface area contributed by atoms with Crippen molar-refractivity contribution < 1.29 is 23.8 Å². The largest absolute Gasteiger partial charge is 0.497 e. The van der Waals surface area contributed by atoms with Crippen molar-refractivity contribution in [2.75, 3.05) is 27.3 Å². The fraction of sp³-hybridized carbons (Fsp3) is 0.391. The molecule has 0 aromatic heterocycles. The molecular formula is C23H27ClN2O5. The van der Waals surface area contributed by atoms with E-state index in [9.17, 15) is 9.59 Å². The van der Waals surface area contributed by atoms with E-state index in [1.54, 1.807) is 68.5 Å². The zero-order valence-corrected chi connectivity index (χ0v) is 18.6. The molecular weight excluding hydrogens is 420 g/mol. The van der Waals surface area contributed by atoms with Crippen LogP contribution in [0.25, 0.3) is 0 Å². The fourth-order valence-electron chi connectivity index (χ4n) is 3.43. The van der Waals surface area contributed by atoms with Gasteiger partial charge in [0.1, 0.15) is 17.2 Å². The zero-order chi connectivity index (χ0) is 22.4. The predicted molar refractivity (Wildman–Crippen MR) is 118 cm³/mol. The summed E-state index contributed by atoms with van der Waals surface area (Å²) in [6.07, 6.45) is 0.712. The minimum absolute atomic E-state index is 0.00679. The van der Waals surface area contributed by atoms with Crippen molar-refractivity contribution >= 4 is 23.4 Å². The molecule has 2 aromatic rings. The number of likely N-dealkylation sites (tertiary alicyclic amines) is 1. The quantitative estimate of drug-likeness (QED) is 0.703. The second kappa shape index (κ2) is 10.4. The average Bonchev–Trinajstić information content (AvgIpc) is 2.80. The highest BCUT2D eigenvalue weighted by Gasteiger charge is 2.27. The third-order valence-corrected chi connectivity index (χ3v) is 5.47. The molecule has 8 heteroatoms. The summed E-state index contributed by atoms with van der Waals surface area (Å²) in [5.74, 6) is 1.46. The number of amides is 2. The molecule has 3 rings (SSSR count). The topological polar surface area (TPSA) is 77.1 Å². The van der Waals surface area contributed by atoms with Gasteiger partial charge < -0.3 is 24.4 Å². The Morgan fingerprint density at radius 2 is 1.58 bits per heavy atom. The number of rotatable bonds is 7. The highest BCUT2D eigenvalue weighted by Crippen LogP contribution is 2.24. The number of nitrogens with one attached hydrogen (secondary N) is 1. The summed E-state index contributed by atoms with van der Waals surface area (Å²) in [5.41, 5.74) is 0.517. The van der Waals surface area contributed by atoms with Gasteiger partial charge in [0.2, 0.25) is 0 Å². The van der Waals surface area contributed by atoms with Gasteiger partial charge in [-0.15, -0.1) is 0 Å². The number of piperidine rings is 1. The maximum atomic E-state index is 12.9. The van der Waals surface area contributed by atoms with Crippen molar-refractivity contribution in [2.24, 2.45) is 0 Å².